The van der Waals surface area contributed by atoms with Crippen molar-refractivity contribution >= 4 is 17.2 Å². The minimum absolute atomic E-state index is 0.0162. The molecule has 1 atom stereocenters. The van der Waals surface area contributed by atoms with Gasteiger partial charge in [0.1, 0.15) is 10.7 Å². The van der Waals surface area contributed by atoms with Crippen LogP contribution >= 0.6 is 11.3 Å². The lowest BCUT2D eigenvalue weighted by atomic mass is 10.0. The summed E-state index contributed by atoms with van der Waals surface area (Å²) in [7, 11) is 0. The van der Waals surface area contributed by atoms with Crippen LogP contribution < -0.4 is 0 Å². The van der Waals surface area contributed by atoms with Crippen LogP contribution in [-0.4, -0.2) is 37.5 Å². The molecule has 1 radical (unpaired) electrons. The second-order valence-corrected chi connectivity index (χ2v) is 10.7. The first-order valence-electron chi connectivity index (χ1n) is 12.5. The summed E-state index contributed by atoms with van der Waals surface area (Å²) in [6, 6.07) is 14.0. The zero-order valence-electron chi connectivity index (χ0n) is 20.5. The Morgan fingerprint density at radius 3 is 2.69 bits per heavy atom. The van der Waals surface area contributed by atoms with Crippen LogP contribution in [0.3, 0.4) is 0 Å². The molecule has 183 valence electrons. The molecule has 4 aromatic rings. The summed E-state index contributed by atoms with van der Waals surface area (Å²) < 4.78 is 6.06. The summed E-state index contributed by atoms with van der Waals surface area (Å²) in [4.78, 5) is 25.2. The number of rotatable bonds is 7. The molecule has 3 aromatic heterocycles. The highest BCUT2D eigenvalue weighted by Gasteiger charge is 2.34. The number of aromatic nitrogens is 4. The van der Waals surface area contributed by atoms with Gasteiger partial charge in [0.05, 0.1) is 12.0 Å². The number of likely N-dealkylation sites (tertiary alicyclic amines) is 1. The van der Waals surface area contributed by atoms with E-state index in [4.69, 9.17) is 9.40 Å². The van der Waals surface area contributed by atoms with Crippen LogP contribution in [-0.2, 0) is 6.42 Å². The van der Waals surface area contributed by atoms with Crippen molar-refractivity contribution in [2.45, 2.75) is 57.9 Å². The maximum atomic E-state index is 13.7. The van der Waals surface area contributed by atoms with Gasteiger partial charge in [-0.1, -0.05) is 30.3 Å². The maximum Gasteiger partial charge on any atom is 0.266 e. The second-order valence-electron chi connectivity index (χ2n) is 9.78. The molecule has 4 heterocycles. The van der Waals surface area contributed by atoms with Crippen molar-refractivity contribution in [3.8, 4) is 11.6 Å². The number of amides is 1. The molecule has 0 spiro atoms. The Labute approximate surface area is 214 Å². The quantitative estimate of drug-likeness (QED) is 0.314. The van der Waals surface area contributed by atoms with Gasteiger partial charge in [-0.15, -0.1) is 21.5 Å². The molecule has 0 bridgehead atoms. The SMILES string of the molecule is C[C](Cc1ccccc1)c1nnc(-c2cc(C(=O)N3CCC[C@@H]3c3nc(C)cs3)cc(C3CC3)n2)o1. The van der Waals surface area contributed by atoms with E-state index in [1.165, 1.54) is 5.56 Å². The third kappa shape index (κ3) is 4.69. The zero-order valence-corrected chi connectivity index (χ0v) is 21.3. The first-order chi connectivity index (χ1) is 17.5. The summed E-state index contributed by atoms with van der Waals surface area (Å²) in [5.41, 5.74) is 4.32. The Bertz CT molecular complexity index is 1380. The van der Waals surface area contributed by atoms with E-state index in [1.807, 2.05) is 43.0 Å². The monoisotopic (exact) mass is 498 g/mol. The third-order valence-corrected chi connectivity index (χ3v) is 7.91. The first-order valence-corrected chi connectivity index (χ1v) is 13.4. The fourth-order valence-corrected chi connectivity index (χ4v) is 5.75. The Morgan fingerprint density at radius 2 is 1.94 bits per heavy atom. The van der Waals surface area contributed by atoms with Crippen molar-refractivity contribution < 1.29 is 9.21 Å². The van der Waals surface area contributed by atoms with E-state index in [0.717, 1.165) is 61.0 Å². The van der Waals surface area contributed by atoms with Crippen molar-refractivity contribution in [3.63, 3.8) is 0 Å². The number of thiazole rings is 1. The highest BCUT2D eigenvalue weighted by molar-refractivity contribution is 7.09. The minimum atomic E-state index is 0.0162. The fraction of sp³-hybridized carbons (Fsp3) is 0.357. The van der Waals surface area contributed by atoms with Crippen LogP contribution in [0.1, 0.15) is 82.8 Å². The number of pyridine rings is 1. The number of carbonyl (C=O) groups excluding carboxylic acids is 1. The van der Waals surface area contributed by atoms with Gasteiger partial charge in [-0.25, -0.2) is 9.97 Å². The number of hydrogen-bond donors (Lipinski definition) is 0. The molecule has 1 aliphatic carbocycles. The van der Waals surface area contributed by atoms with Crippen molar-refractivity contribution in [2.24, 2.45) is 0 Å². The van der Waals surface area contributed by atoms with Crippen LogP contribution in [0, 0.1) is 12.8 Å². The van der Waals surface area contributed by atoms with E-state index in [0.29, 0.717) is 29.0 Å². The molecule has 1 saturated heterocycles. The molecule has 1 aromatic carbocycles. The molecule has 6 rings (SSSR count). The lowest BCUT2D eigenvalue weighted by Gasteiger charge is -2.23. The van der Waals surface area contributed by atoms with E-state index >= 15 is 0 Å². The molecule has 8 heteroatoms. The highest BCUT2D eigenvalue weighted by Crippen LogP contribution is 2.41. The zero-order chi connectivity index (χ0) is 24.6. The average molecular weight is 499 g/mol. The van der Waals surface area contributed by atoms with Gasteiger partial charge in [0.25, 0.3) is 11.8 Å². The molecular weight excluding hydrogens is 470 g/mol. The van der Waals surface area contributed by atoms with Crippen LogP contribution in [0.2, 0.25) is 0 Å². The van der Waals surface area contributed by atoms with Crippen molar-refractivity contribution in [3.05, 3.63) is 87.2 Å². The molecule has 2 fully saturated rings. The van der Waals surface area contributed by atoms with E-state index in [9.17, 15) is 4.79 Å². The Morgan fingerprint density at radius 1 is 1.11 bits per heavy atom. The van der Waals surface area contributed by atoms with Gasteiger partial charge in [0.2, 0.25) is 5.89 Å². The standard InChI is InChI=1S/C28H28N5O2S/c1-17(13-19-7-4-3-5-8-19)25-31-32-26(35-25)23-15-21(14-22(30-23)20-10-11-20)28(34)33-12-6-9-24(33)27-29-18(2)16-36-27/h3-5,7-8,14-16,20,24H,6,9-13H2,1-2H3/t24-/m1/s1. The molecule has 0 unspecified atom stereocenters. The van der Waals surface area contributed by atoms with E-state index < -0.39 is 0 Å². The smallest absolute Gasteiger partial charge is 0.266 e. The number of aryl methyl sites for hydroxylation is 1. The molecule has 7 nitrogen and oxygen atoms in total. The van der Waals surface area contributed by atoms with Crippen molar-refractivity contribution in [2.75, 3.05) is 6.54 Å². The van der Waals surface area contributed by atoms with Gasteiger partial charge >= 0.3 is 0 Å². The first kappa shape index (κ1) is 23.0. The van der Waals surface area contributed by atoms with Crippen LogP contribution in [0.4, 0.5) is 0 Å². The van der Waals surface area contributed by atoms with E-state index in [2.05, 4.69) is 32.7 Å². The minimum Gasteiger partial charge on any atom is -0.419 e. The second kappa shape index (κ2) is 9.58. The Kier molecular flexibility index (Phi) is 6.13. The van der Waals surface area contributed by atoms with Crippen molar-refractivity contribution in [1.82, 2.24) is 25.1 Å². The van der Waals surface area contributed by atoms with Crippen molar-refractivity contribution in [1.29, 1.82) is 0 Å². The Balaban J connectivity index is 1.28. The molecule has 0 N–H and O–H groups in total. The molecular formula is C28H28N5O2S. The number of benzene rings is 1. The summed E-state index contributed by atoms with van der Waals surface area (Å²) in [5.74, 6) is 2.25. The topological polar surface area (TPSA) is 85.0 Å². The highest BCUT2D eigenvalue weighted by atomic mass is 32.1. The van der Waals surface area contributed by atoms with Gasteiger partial charge in [0, 0.05) is 34.8 Å². The van der Waals surface area contributed by atoms with Gasteiger partial charge in [-0.05, 0) is 63.6 Å². The molecule has 2 aliphatic rings. The van der Waals surface area contributed by atoms with Crippen LogP contribution in [0.25, 0.3) is 11.6 Å². The van der Waals surface area contributed by atoms with Gasteiger partial charge < -0.3 is 9.32 Å². The lowest BCUT2D eigenvalue weighted by molar-refractivity contribution is 0.0735. The normalized spacial score (nSPS) is 17.8. The number of hydrogen-bond acceptors (Lipinski definition) is 7. The Hall–Kier alpha value is -3.39. The lowest BCUT2D eigenvalue weighted by Crippen LogP contribution is -2.30. The largest absolute Gasteiger partial charge is 0.419 e. The van der Waals surface area contributed by atoms with Gasteiger partial charge in [-0.3, -0.25) is 4.79 Å². The summed E-state index contributed by atoms with van der Waals surface area (Å²) in [6.45, 7) is 4.73. The average Bonchev–Trinajstić information content (AvgIpc) is 3.25. The predicted octanol–water partition coefficient (Wildman–Crippen LogP) is 5.94. The molecule has 36 heavy (non-hydrogen) atoms. The van der Waals surface area contributed by atoms with Crippen LogP contribution in [0.15, 0.2) is 52.3 Å². The molecule has 1 amide bonds. The fourth-order valence-electron chi connectivity index (χ4n) is 4.81. The predicted molar refractivity (Wildman–Crippen MR) is 138 cm³/mol. The number of nitrogens with zero attached hydrogens (tertiary/aromatic N) is 5. The molecule has 1 saturated carbocycles. The summed E-state index contributed by atoms with van der Waals surface area (Å²) in [5, 5.41) is 11.7. The summed E-state index contributed by atoms with van der Waals surface area (Å²) in [6.07, 6.45) is 4.83. The third-order valence-electron chi connectivity index (χ3n) is 6.84. The van der Waals surface area contributed by atoms with Gasteiger partial charge in [0.15, 0.2) is 0 Å². The van der Waals surface area contributed by atoms with Crippen LogP contribution in [0.5, 0.6) is 0 Å². The maximum absolute atomic E-state index is 13.7. The number of carbonyl (C=O) groups is 1. The molecule has 1 aliphatic heterocycles. The summed E-state index contributed by atoms with van der Waals surface area (Å²) >= 11 is 1.63. The van der Waals surface area contributed by atoms with Gasteiger partial charge in [-0.2, -0.15) is 0 Å². The van der Waals surface area contributed by atoms with E-state index in [-0.39, 0.29) is 11.9 Å². The van der Waals surface area contributed by atoms with E-state index in [1.54, 1.807) is 17.4 Å².